The van der Waals surface area contributed by atoms with Crippen LogP contribution in [0.5, 0.6) is 0 Å². The Morgan fingerprint density at radius 1 is 1.50 bits per heavy atom. The molecule has 0 spiro atoms. The van der Waals surface area contributed by atoms with Gasteiger partial charge in [0, 0.05) is 5.69 Å². The maximum Gasteiger partial charge on any atom is 0.394 e. The molecule has 0 aliphatic carbocycles. The summed E-state index contributed by atoms with van der Waals surface area (Å²) in [5.41, 5.74) is 0.786. The van der Waals surface area contributed by atoms with Crippen LogP contribution in [0.1, 0.15) is 18.3 Å². The van der Waals surface area contributed by atoms with E-state index in [4.69, 9.17) is 0 Å². The van der Waals surface area contributed by atoms with Crippen LogP contribution in [0.3, 0.4) is 0 Å². The zero-order chi connectivity index (χ0) is 9.19. The number of hydrogen-bond donors (Lipinski definition) is 1. The van der Waals surface area contributed by atoms with Crippen molar-refractivity contribution >= 4 is 0 Å². The first-order chi connectivity index (χ1) is 5.51. The van der Waals surface area contributed by atoms with Crippen molar-refractivity contribution in [2.45, 2.75) is 25.9 Å². The summed E-state index contributed by atoms with van der Waals surface area (Å²) in [4.78, 5) is 0. The first kappa shape index (κ1) is 9.09. The lowest BCUT2D eigenvalue weighted by Gasteiger charge is -2.01. The first-order valence-corrected chi connectivity index (χ1v) is 3.61. The highest BCUT2D eigenvalue weighted by Crippen LogP contribution is 2.20. The summed E-state index contributed by atoms with van der Waals surface area (Å²) in [5, 5.41) is 6.04. The Hall–Kier alpha value is -1.00. The average molecular weight is 178 g/mol. The van der Waals surface area contributed by atoms with Crippen LogP contribution in [0.2, 0.25) is 0 Å². The monoisotopic (exact) mass is 178 g/mol. The molecule has 0 unspecified atom stereocenters. The van der Waals surface area contributed by atoms with Gasteiger partial charge in [0.1, 0.15) is 0 Å². The van der Waals surface area contributed by atoms with Gasteiger partial charge in [-0.3, -0.25) is 5.10 Å². The summed E-state index contributed by atoms with van der Waals surface area (Å²) >= 11 is 0. The normalized spacial score (nSPS) is 12.0. The van der Waals surface area contributed by atoms with Gasteiger partial charge in [-0.25, -0.2) is 0 Å². The molecular formula is C7H9F3N2. The van der Waals surface area contributed by atoms with Gasteiger partial charge in [0.05, 0.1) is 12.1 Å². The van der Waals surface area contributed by atoms with Crippen LogP contribution >= 0.6 is 0 Å². The van der Waals surface area contributed by atoms with Crippen LogP contribution in [0.25, 0.3) is 0 Å². The van der Waals surface area contributed by atoms with Crippen molar-refractivity contribution in [2.24, 2.45) is 0 Å². The Balaban J connectivity index is 2.64. The third-order valence-corrected chi connectivity index (χ3v) is 1.44. The second kappa shape index (κ2) is 3.16. The Morgan fingerprint density at radius 3 is 2.58 bits per heavy atom. The molecule has 1 aromatic rings. The molecule has 0 aliphatic heterocycles. The quantitative estimate of drug-likeness (QED) is 0.737. The number of nitrogens with zero attached hydrogens (tertiary/aromatic N) is 1. The second-order valence-corrected chi connectivity index (χ2v) is 2.53. The van der Waals surface area contributed by atoms with Gasteiger partial charge in [0.2, 0.25) is 0 Å². The van der Waals surface area contributed by atoms with Gasteiger partial charge in [-0.1, -0.05) is 6.92 Å². The van der Waals surface area contributed by atoms with E-state index >= 15 is 0 Å². The van der Waals surface area contributed by atoms with Crippen molar-refractivity contribution in [1.82, 2.24) is 10.2 Å². The lowest BCUT2D eigenvalue weighted by Crippen LogP contribution is -2.11. The Kier molecular flexibility index (Phi) is 2.40. The molecule has 12 heavy (non-hydrogen) atoms. The SMILES string of the molecule is CCc1cc(CC(F)(F)F)[nH]n1. The van der Waals surface area contributed by atoms with Crippen LogP contribution in [0.15, 0.2) is 6.07 Å². The smallest absolute Gasteiger partial charge is 0.282 e. The molecule has 2 nitrogen and oxygen atoms in total. The van der Waals surface area contributed by atoms with Crippen LogP contribution < -0.4 is 0 Å². The number of aromatic nitrogens is 2. The number of aryl methyl sites for hydroxylation is 1. The topological polar surface area (TPSA) is 28.7 Å². The van der Waals surface area contributed by atoms with Crippen molar-refractivity contribution < 1.29 is 13.2 Å². The van der Waals surface area contributed by atoms with Crippen LogP contribution in [0, 0.1) is 0 Å². The van der Waals surface area contributed by atoms with Crippen LogP contribution in [-0.2, 0) is 12.8 Å². The van der Waals surface area contributed by atoms with E-state index in [1.54, 1.807) is 0 Å². The van der Waals surface area contributed by atoms with E-state index in [0.29, 0.717) is 12.1 Å². The molecule has 0 aliphatic rings. The number of hydrogen-bond acceptors (Lipinski definition) is 1. The predicted molar refractivity (Wildman–Crippen MR) is 37.7 cm³/mol. The minimum absolute atomic E-state index is 0.124. The van der Waals surface area contributed by atoms with Crippen molar-refractivity contribution in [3.05, 3.63) is 17.5 Å². The highest BCUT2D eigenvalue weighted by molar-refractivity contribution is 5.09. The van der Waals surface area contributed by atoms with Crippen LogP contribution in [0.4, 0.5) is 13.2 Å². The maximum absolute atomic E-state index is 11.8. The number of nitrogens with one attached hydrogen (secondary N) is 1. The van der Waals surface area contributed by atoms with E-state index in [1.165, 1.54) is 6.07 Å². The van der Waals surface area contributed by atoms with Crippen molar-refractivity contribution in [3.8, 4) is 0 Å². The van der Waals surface area contributed by atoms with Gasteiger partial charge in [-0.15, -0.1) is 0 Å². The molecule has 1 heterocycles. The lowest BCUT2D eigenvalue weighted by atomic mass is 10.2. The summed E-state index contributed by atoms with van der Waals surface area (Å²) in [6, 6.07) is 1.44. The standard InChI is InChI=1S/C7H9F3N2/c1-2-5-3-6(12-11-5)4-7(8,9)10/h3H,2,4H2,1H3,(H,11,12). The van der Waals surface area contributed by atoms with E-state index in [1.807, 2.05) is 6.92 Å². The van der Waals surface area contributed by atoms with Crippen molar-refractivity contribution in [3.63, 3.8) is 0 Å². The molecule has 0 aromatic carbocycles. The third-order valence-electron chi connectivity index (χ3n) is 1.44. The van der Waals surface area contributed by atoms with Crippen molar-refractivity contribution in [2.75, 3.05) is 0 Å². The number of aromatic amines is 1. The zero-order valence-electron chi connectivity index (χ0n) is 6.57. The fourth-order valence-electron chi connectivity index (χ4n) is 0.897. The van der Waals surface area contributed by atoms with Crippen molar-refractivity contribution in [1.29, 1.82) is 0 Å². The summed E-state index contributed by atoms with van der Waals surface area (Å²) in [6.07, 6.45) is -4.44. The molecule has 0 radical (unpaired) electrons. The summed E-state index contributed by atoms with van der Waals surface area (Å²) in [5.74, 6) is 0. The number of rotatable bonds is 2. The Bertz CT molecular complexity index is 251. The maximum atomic E-state index is 11.8. The minimum Gasteiger partial charge on any atom is -0.282 e. The van der Waals surface area contributed by atoms with Gasteiger partial charge in [-0.05, 0) is 12.5 Å². The van der Waals surface area contributed by atoms with E-state index in [-0.39, 0.29) is 5.69 Å². The molecule has 0 bridgehead atoms. The molecule has 5 heteroatoms. The molecule has 0 amide bonds. The highest BCUT2D eigenvalue weighted by atomic mass is 19.4. The van der Waals surface area contributed by atoms with Gasteiger partial charge >= 0.3 is 6.18 Å². The number of H-pyrrole nitrogens is 1. The third kappa shape index (κ3) is 2.56. The van der Waals surface area contributed by atoms with E-state index < -0.39 is 12.6 Å². The van der Waals surface area contributed by atoms with Gasteiger partial charge < -0.3 is 0 Å². The predicted octanol–water partition coefficient (Wildman–Crippen LogP) is 2.08. The highest BCUT2D eigenvalue weighted by Gasteiger charge is 2.28. The number of halogens is 3. The second-order valence-electron chi connectivity index (χ2n) is 2.53. The summed E-state index contributed by atoms with van der Waals surface area (Å²) < 4.78 is 35.4. The Labute approximate surface area is 67.8 Å². The fourth-order valence-corrected chi connectivity index (χ4v) is 0.897. The molecule has 0 saturated heterocycles. The Morgan fingerprint density at radius 2 is 2.17 bits per heavy atom. The van der Waals surface area contributed by atoms with Crippen LogP contribution in [-0.4, -0.2) is 16.4 Å². The van der Waals surface area contributed by atoms with Gasteiger partial charge in [0.15, 0.2) is 0 Å². The molecule has 0 atom stereocenters. The largest absolute Gasteiger partial charge is 0.394 e. The molecule has 68 valence electrons. The molecule has 1 N–H and O–H groups in total. The van der Waals surface area contributed by atoms with E-state index in [2.05, 4.69) is 10.2 Å². The first-order valence-electron chi connectivity index (χ1n) is 3.61. The molecule has 1 rings (SSSR count). The molecular weight excluding hydrogens is 169 g/mol. The average Bonchev–Trinajstić information content (AvgIpc) is 2.32. The molecule has 0 fully saturated rings. The van der Waals surface area contributed by atoms with Gasteiger partial charge in [0.25, 0.3) is 0 Å². The molecule has 0 saturated carbocycles. The van der Waals surface area contributed by atoms with E-state index in [0.717, 1.165) is 0 Å². The fraction of sp³-hybridized carbons (Fsp3) is 0.571. The molecule has 1 aromatic heterocycles. The van der Waals surface area contributed by atoms with E-state index in [9.17, 15) is 13.2 Å². The van der Waals surface area contributed by atoms with Gasteiger partial charge in [-0.2, -0.15) is 18.3 Å². The number of alkyl halides is 3. The lowest BCUT2D eigenvalue weighted by molar-refractivity contribution is -0.127. The summed E-state index contributed by atoms with van der Waals surface area (Å²) in [7, 11) is 0. The zero-order valence-corrected chi connectivity index (χ0v) is 6.57. The summed E-state index contributed by atoms with van der Waals surface area (Å²) in [6.45, 7) is 1.84. The minimum atomic E-state index is -4.16.